The van der Waals surface area contributed by atoms with Crippen LogP contribution in [0.25, 0.3) is 0 Å². The van der Waals surface area contributed by atoms with E-state index in [1.165, 1.54) is 0 Å². The van der Waals surface area contributed by atoms with Gasteiger partial charge in [0, 0.05) is 45.3 Å². The molecule has 7 nitrogen and oxygen atoms in total. The maximum Gasteiger partial charge on any atom is 0.242 e. The quantitative estimate of drug-likeness (QED) is 0.353. The zero-order valence-electron chi connectivity index (χ0n) is 16.8. The van der Waals surface area contributed by atoms with E-state index in [0.29, 0.717) is 37.2 Å². The number of amides is 2. The zero-order chi connectivity index (χ0) is 20.0. The Kier molecular flexibility index (Phi) is 9.49. The molecule has 1 aliphatic heterocycles. The van der Waals surface area contributed by atoms with Gasteiger partial charge in [-0.15, -0.1) is 24.0 Å². The van der Waals surface area contributed by atoms with Crippen LogP contribution in [-0.2, 0) is 16.1 Å². The van der Waals surface area contributed by atoms with Crippen LogP contribution in [0.3, 0.4) is 0 Å². The summed E-state index contributed by atoms with van der Waals surface area (Å²) >= 11 is 5.91. The molecular weight excluding hydrogens is 493 g/mol. The third-order valence-electron chi connectivity index (χ3n) is 4.65. The monoisotopic (exact) mass is 521 g/mol. The molecule has 0 unspecified atom stereocenters. The van der Waals surface area contributed by atoms with Crippen LogP contribution in [0.4, 0.5) is 0 Å². The van der Waals surface area contributed by atoms with E-state index >= 15 is 0 Å². The first-order valence-electron chi connectivity index (χ1n) is 8.97. The van der Waals surface area contributed by atoms with Gasteiger partial charge in [-0.3, -0.25) is 14.6 Å². The fourth-order valence-electron chi connectivity index (χ4n) is 2.92. The van der Waals surface area contributed by atoms with Crippen molar-refractivity contribution >= 4 is 53.4 Å². The molecule has 0 atom stereocenters. The predicted molar refractivity (Wildman–Crippen MR) is 123 cm³/mol. The van der Waals surface area contributed by atoms with E-state index in [9.17, 15) is 9.59 Å². The first kappa shape index (κ1) is 24.5. The van der Waals surface area contributed by atoms with E-state index in [2.05, 4.69) is 15.6 Å². The largest absolute Gasteiger partial charge is 0.359 e. The van der Waals surface area contributed by atoms with Gasteiger partial charge in [0.2, 0.25) is 11.8 Å². The standard InChI is InChI=1S/C19H28ClN5O2.HI/c1-19(2,17(27)21-3)13-23-18(22-4)25-10-9-24(16(26)12-25)11-14-5-7-15(20)8-6-14;/h5-8H,9-13H2,1-4H3,(H,21,27)(H,22,23);1H. The second-order valence-electron chi connectivity index (χ2n) is 7.23. The molecule has 0 spiro atoms. The minimum absolute atomic E-state index is 0. The Morgan fingerprint density at radius 1 is 1.25 bits per heavy atom. The van der Waals surface area contributed by atoms with Gasteiger partial charge in [0.1, 0.15) is 0 Å². The lowest BCUT2D eigenvalue weighted by Crippen LogP contribution is -2.56. The highest BCUT2D eigenvalue weighted by molar-refractivity contribution is 14.0. The first-order valence-corrected chi connectivity index (χ1v) is 9.34. The summed E-state index contributed by atoms with van der Waals surface area (Å²) in [5.41, 5.74) is 0.474. The van der Waals surface area contributed by atoms with Crippen LogP contribution in [0, 0.1) is 5.41 Å². The lowest BCUT2D eigenvalue weighted by atomic mass is 9.92. The van der Waals surface area contributed by atoms with Crippen LogP contribution >= 0.6 is 35.6 Å². The Labute approximate surface area is 188 Å². The van der Waals surface area contributed by atoms with Crippen molar-refractivity contribution < 1.29 is 9.59 Å². The van der Waals surface area contributed by atoms with Gasteiger partial charge in [0.25, 0.3) is 0 Å². The summed E-state index contributed by atoms with van der Waals surface area (Å²) in [6.07, 6.45) is 0. The summed E-state index contributed by atoms with van der Waals surface area (Å²) in [5.74, 6) is 0.630. The minimum Gasteiger partial charge on any atom is -0.359 e. The van der Waals surface area contributed by atoms with E-state index in [4.69, 9.17) is 11.6 Å². The van der Waals surface area contributed by atoms with E-state index in [1.807, 2.05) is 47.9 Å². The molecule has 0 aromatic heterocycles. The molecule has 1 heterocycles. The number of rotatable bonds is 5. The number of benzene rings is 1. The van der Waals surface area contributed by atoms with Crippen molar-refractivity contribution in [2.24, 2.45) is 10.4 Å². The maximum absolute atomic E-state index is 12.6. The molecule has 2 amide bonds. The highest BCUT2D eigenvalue weighted by atomic mass is 127. The number of carbonyl (C=O) groups is 2. The molecule has 2 rings (SSSR count). The number of piperazine rings is 1. The van der Waals surface area contributed by atoms with Crippen molar-refractivity contribution in [1.82, 2.24) is 20.4 Å². The summed E-state index contributed by atoms with van der Waals surface area (Å²) in [6, 6.07) is 7.53. The fraction of sp³-hybridized carbons (Fsp3) is 0.526. The number of aliphatic imine (C=N–C) groups is 1. The number of guanidine groups is 1. The van der Waals surface area contributed by atoms with Crippen LogP contribution in [0.2, 0.25) is 5.02 Å². The van der Waals surface area contributed by atoms with Crippen molar-refractivity contribution in [2.75, 3.05) is 40.3 Å². The second kappa shape index (κ2) is 10.8. The molecular formula is C19H29ClIN5O2. The van der Waals surface area contributed by atoms with Gasteiger partial charge in [-0.1, -0.05) is 23.7 Å². The third-order valence-corrected chi connectivity index (χ3v) is 4.90. The number of nitrogens with zero attached hydrogens (tertiary/aromatic N) is 3. The van der Waals surface area contributed by atoms with E-state index in [-0.39, 0.29) is 42.3 Å². The van der Waals surface area contributed by atoms with Gasteiger partial charge in [0.15, 0.2) is 5.96 Å². The minimum atomic E-state index is -0.578. The molecule has 156 valence electrons. The number of halogens is 2. The molecule has 2 N–H and O–H groups in total. The highest BCUT2D eigenvalue weighted by Crippen LogP contribution is 2.15. The van der Waals surface area contributed by atoms with Gasteiger partial charge < -0.3 is 20.4 Å². The number of hydrogen-bond donors (Lipinski definition) is 2. The third kappa shape index (κ3) is 6.51. The Balaban J connectivity index is 0.00000392. The molecule has 1 aromatic rings. The predicted octanol–water partition coefficient (Wildman–Crippen LogP) is 1.95. The molecule has 0 bridgehead atoms. The Morgan fingerprint density at radius 3 is 2.43 bits per heavy atom. The van der Waals surface area contributed by atoms with Gasteiger partial charge in [-0.2, -0.15) is 0 Å². The molecule has 9 heteroatoms. The van der Waals surface area contributed by atoms with E-state index in [0.717, 1.165) is 5.56 Å². The lowest BCUT2D eigenvalue weighted by Gasteiger charge is -2.37. The van der Waals surface area contributed by atoms with E-state index in [1.54, 1.807) is 14.1 Å². The second-order valence-corrected chi connectivity index (χ2v) is 7.66. The number of nitrogens with one attached hydrogen (secondary N) is 2. The first-order chi connectivity index (χ1) is 12.8. The molecule has 0 radical (unpaired) electrons. The highest BCUT2D eigenvalue weighted by Gasteiger charge is 2.29. The van der Waals surface area contributed by atoms with Crippen molar-refractivity contribution in [3.05, 3.63) is 34.9 Å². The normalized spacial score (nSPS) is 15.2. The number of carbonyl (C=O) groups excluding carboxylic acids is 2. The Hall–Kier alpha value is -1.55. The average molecular weight is 522 g/mol. The summed E-state index contributed by atoms with van der Waals surface area (Å²) in [6.45, 7) is 6.27. The van der Waals surface area contributed by atoms with Gasteiger partial charge in [-0.25, -0.2) is 0 Å². The van der Waals surface area contributed by atoms with E-state index < -0.39 is 5.41 Å². The molecule has 0 aliphatic carbocycles. The SMILES string of the molecule is CN=C(NCC(C)(C)C(=O)NC)N1CCN(Cc2ccc(Cl)cc2)C(=O)C1.I. The maximum atomic E-state index is 12.6. The summed E-state index contributed by atoms with van der Waals surface area (Å²) < 4.78 is 0. The molecule has 1 aliphatic rings. The van der Waals surface area contributed by atoms with Gasteiger partial charge in [0.05, 0.1) is 12.0 Å². The Morgan fingerprint density at radius 2 is 1.89 bits per heavy atom. The van der Waals surface area contributed by atoms with Crippen molar-refractivity contribution in [3.8, 4) is 0 Å². The van der Waals surface area contributed by atoms with Crippen LogP contribution < -0.4 is 10.6 Å². The lowest BCUT2D eigenvalue weighted by molar-refractivity contribution is -0.135. The van der Waals surface area contributed by atoms with Crippen LogP contribution in [-0.4, -0.2) is 67.8 Å². The average Bonchev–Trinajstić information content (AvgIpc) is 2.65. The van der Waals surface area contributed by atoms with Crippen LogP contribution in [0.5, 0.6) is 0 Å². The molecule has 1 saturated heterocycles. The molecule has 1 aromatic carbocycles. The smallest absolute Gasteiger partial charge is 0.242 e. The van der Waals surface area contributed by atoms with Crippen LogP contribution in [0.15, 0.2) is 29.3 Å². The summed E-state index contributed by atoms with van der Waals surface area (Å²) in [5, 5.41) is 6.56. The van der Waals surface area contributed by atoms with Crippen LogP contribution in [0.1, 0.15) is 19.4 Å². The van der Waals surface area contributed by atoms with Crippen molar-refractivity contribution in [1.29, 1.82) is 0 Å². The summed E-state index contributed by atoms with van der Waals surface area (Å²) in [7, 11) is 3.30. The molecule has 28 heavy (non-hydrogen) atoms. The van der Waals surface area contributed by atoms with Crippen molar-refractivity contribution in [2.45, 2.75) is 20.4 Å². The summed E-state index contributed by atoms with van der Waals surface area (Å²) in [4.78, 5) is 32.5. The fourth-order valence-corrected chi connectivity index (χ4v) is 3.04. The Bertz CT molecular complexity index is 709. The number of hydrogen-bond acceptors (Lipinski definition) is 3. The zero-order valence-corrected chi connectivity index (χ0v) is 19.9. The van der Waals surface area contributed by atoms with Crippen molar-refractivity contribution in [3.63, 3.8) is 0 Å². The van der Waals surface area contributed by atoms with Gasteiger partial charge in [-0.05, 0) is 31.5 Å². The van der Waals surface area contributed by atoms with Gasteiger partial charge >= 0.3 is 0 Å². The molecule has 0 saturated carbocycles. The topological polar surface area (TPSA) is 77.0 Å². The molecule has 1 fully saturated rings.